The highest BCUT2D eigenvalue weighted by atomic mass is 32.2. The average Bonchev–Trinajstić information content (AvgIpc) is 2.48. The average molecular weight is 217 g/mol. The zero-order valence-electron chi connectivity index (χ0n) is 8.61. The largest absolute Gasteiger partial charge is 0.480 e. The molecule has 14 heavy (non-hydrogen) atoms. The van der Waals surface area contributed by atoms with E-state index in [2.05, 4.69) is 0 Å². The maximum absolute atomic E-state index is 11.8. The van der Waals surface area contributed by atoms with E-state index in [1.165, 1.54) is 16.7 Å². The van der Waals surface area contributed by atoms with Crippen molar-refractivity contribution in [3.05, 3.63) is 0 Å². The summed E-state index contributed by atoms with van der Waals surface area (Å²) in [5.74, 6) is -0.00738. The van der Waals surface area contributed by atoms with Crippen LogP contribution in [0.5, 0.6) is 0 Å². The summed E-state index contributed by atoms with van der Waals surface area (Å²) < 4.78 is 0. The van der Waals surface area contributed by atoms with Crippen LogP contribution < -0.4 is 0 Å². The maximum atomic E-state index is 11.8. The Hall–Kier alpha value is -0.710. The van der Waals surface area contributed by atoms with Crippen molar-refractivity contribution in [3.8, 4) is 0 Å². The van der Waals surface area contributed by atoms with Crippen LogP contribution in [0.25, 0.3) is 0 Å². The lowest BCUT2D eigenvalue weighted by molar-refractivity contribution is -0.151. The lowest BCUT2D eigenvalue weighted by Crippen LogP contribution is -2.46. The molecule has 1 amide bonds. The second-order valence-electron chi connectivity index (χ2n) is 4.38. The number of nitrogens with zero attached hydrogens (tertiary/aromatic N) is 1. The molecule has 1 aliphatic rings. The van der Waals surface area contributed by atoms with Crippen LogP contribution in [-0.2, 0) is 9.59 Å². The molecule has 0 saturated carbocycles. The number of hydrogen-bond donors (Lipinski definition) is 1. The van der Waals surface area contributed by atoms with Crippen LogP contribution in [0.3, 0.4) is 0 Å². The van der Waals surface area contributed by atoms with Gasteiger partial charge in [0.1, 0.15) is 6.04 Å². The lowest BCUT2D eigenvalue weighted by atomic mass is 9.94. The molecule has 1 aliphatic heterocycles. The molecule has 1 N–H and O–H groups in total. The van der Waals surface area contributed by atoms with Gasteiger partial charge in [-0.1, -0.05) is 20.8 Å². The van der Waals surface area contributed by atoms with Crippen molar-refractivity contribution >= 4 is 23.6 Å². The molecule has 5 heteroatoms. The van der Waals surface area contributed by atoms with Crippen LogP contribution in [0.4, 0.5) is 0 Å². The smallest absolute Gasteiger partial charge is 0.327 e. The van der Waals surface area contributed by atoms with Gasteiger partial charge in [0.05, 0.1) is 5.88 Å². The van der Waals surface area contributed by atoms with E-state index in [0.29, 0.717) is 11.6 Å². The van der Waals surface area contributed by atoms with Gasteiger partial charge < -0.3 is 10.0 Å². The molecule has 1 atom stereocenters. The Labute approximate surface area is 87.7 Å². The first kappa shape index (κ1) is 11.4. The van der Waals surface area contributed by atoms with Crippen LogP contribution in [0.2, 0.25) is 0 Å². The molecule has 0 aliphatic carbocycles. The van der Waals surface area contributed by atoms with E-state index in [-0.39, 0.29) is 5.91 Å². The molecule has 80 valence electrons. The minimum absolute atomic E-state index is 0.0881. The van der Waals surface area contributed by atoms with Gasteiger partial charge in [0, 0.05) is 11.2 Å². The second-order valence-corrected chi connectivity index (χ2v) is 5.38. The fraction of sp³-hybridized carbons (Fsp3) is 0.778. The number of carbonyl (C=O) groups excluding carboxylic acids is 1. The van der Waals surface area contributed by atoms with Crippen molar-refractivity contribution in [3.63, 3.8) is 0 Å². The number of hydrogen-bond acceptors (Lipinski definition) is 3. The number of thioether (sulfide) groups is 1. The highest BCUT2D eigenvalue weighted by molar-refractivity contribution is 7.99. The van der Waals surface area contributed by atoms with Crippen molar-refractivity contribution in [2.75, 3.05) is 11.6 Å². The Kier molecular flexibility index (Phi) is 3.09. The Morgan fingerprint density at radius 2 is 2.00 bits per heavy atom. The van der Waals surface area contributed by atoms with Gasteiger partial charge in [-0.15, -0.1) is 11.8 Å². The Bertz CT molecular complexity index is 259. The molecule has 4 nitrogen and oxygen atoms in total. The third-order valence-electron chi connectivity index (χ3n) is 2.07. The topological polar surface area (TPSA) is 57.6 Å². The summed E-state index contributed by atoms with van der Waals surface area (Å²) in [6, 6.07) is -0.647. The zero-order valence-corrected chi connectivity index (χ0v) is 9.43. The minimum Gasteiger partial charge on any atom is -0.480 e. The number of amides is 1. The van der Waals surface area contributed by atoms with Crippen molar-refractivity contribution in [2.24, 2.45) is 5.41 Å². The first-order chi connectivity index (χ1) is 6.34. The second kappa shape index (κ2) is 3.81. The van der Waals surface area contributed by atoms with E-state index in [1.807, 2.05) is 0 Å². The van der Waals surface area contributed by atoms with Crippen molar-refractivity contribution < 1.29 is 14.7 Å². The number of aliphatic carboxylic acids is 1. The standard InChI is InChI=1S/C9H15NO3S/c1-9(2,3)8(13)10-5-14-4-6(10)7(11)12/h6H,4-5H2,1-3H3,(H,11,12)/t6-/m0/s1. The van der Waals surface area contributed by atoms with E-state index in [0.717, 1.165) is 0 Å². The van der Waals surface area contributed by atoms with Gasteiger partial charge in [-0.3, -0.25) is 4.79 Å². The number of rotatable bonds is 1. The van der Waals surface area contributed by atoms with Crippen molar-refractivity contribution in [1.29, 1.82) is 0 Å². The van der Waals surface area contributed by atoms with Crippen LogP contribution >= 0.6 is 11.8 Å². The summed E-state index contributed by atoms with van der Waals surface area (Å²) in [4.78, 5) is 24.1. The minimum atomic E-state index is -0.910. The highest BCUT2D eigenvalue weighted by Crippen LogP contribution is 2.27. The SMILES string of the molecule is CC(C)(C)C(=O)N1CSC[C@H]1C(=O)O. The molecular weight excluding hydrogens is 202 g/mol. The van der Waals surface area contributed by atoms with E-state index >= 15 is 0 Å². The van der Waals surface area contributed by atoms with E-state index in [4.69, 9.17) is 5.11 Å². The lowest BCUT2D eigenvalue weighted by Gasteiger charge is -2.28. The fourth-order valence-electron chi connectivity index (χ4n) is 1.28. The number of carboxylic acid groups (broad SMARTS) is 1. The van der Waals surface area contributed by atoms with Gasteiger partial charge in [-0.25, -0.2) is 4.79 Å². The van der Waals surface area contributed by atoms with Gasteiger partial charge in [0.15, 0.2) is 0 Å². The predicted molar refractivity (Wildman–Crippen MR) is 55.0 cm³/mol. The summed E-state index contributed by atoms with van der Waals surface area (Å²) in [7, 11) is 0. The Balaban J connectivity index is 2.77. The summed E-state index contributed by atoms with van der Waals surface area (Å²) in [5.41, 5.74) is -0.501. The van der Waals surface area contributed by atoms with Crippen molar-refractivity contribution in [2.45, 2.75) is 26.8 Å². The number of carbonyl (C=O) groups is 2. The summed E-state index contributed by atoms with van der Waals surface area (Å²) in [5, 5.41) is 8.89. The molecule has 1 heterocycles. The molecule has 0 radical (unpaired) electrons. The van der Waals surface area contributed by atoms with Gasteiger partial charge in [0.2, 0.25) is 5.91 Å². The van der Waals surface area contributed by atoms with Gasteiger partial charge in [-0.2, -0.15) is 0 Å². The normalized spacial score (nSPS) is 22.5. The Morgan fingerprint density at radius 1 is 1.43 bits per heavy atom. The monoisotopic (exact) mass is 217 g/mol. The summed E-state index contributed by atoms with van der Waals surface area (Å²) in [6.45, 7) is 5.41. The van der Waals surface area contributed by atoms with Crippen LogP contribution in [0.1, 0.15) is 20.8 Å². The van der Waals surface area contributed by atoms with Crippen LogP contribution in [-0.4, -0.2) is 39.6 Å². The first-order valence-corrected chi connectivity index (χ1v) is 5.61. The molecule has 0 aromatic heterocycles. The molecule has 1 fully saturated rings. The fourth-order valence-corrected chi connectivity index (χ4v) is 2.42. The molecule has 0 aromatic carbocycles. The zero-order chi connectivity index (χ0) is 10.9. The van der Waals surface area contributed by atoms with Crippen LogP contribution in [0, 0.1) is 5.41 Å². The molecular formula is C9H15NO3S. The third kappa shape index (κ3) is 2.20. The van der Waals surface area contributed by atoms with Gasteiger partial charge >= 0.3 is 5.97 Å². The first-order valence-electron chi connectivity index (χ1n) is 4.45. The van der Waals surface area contributed by atoms with Crippen molar-refractivity contribution in [1.82, 2.24) is 4.90 Å². The van der Waals surface area contributed by atoms with E-state index in [9.17, 15) is 9.59 Å². The molecule has 0 bridgehead atoms. The summed E-state index contributed by atoms with van der Waals surface area (Å²) >= 11 is 1.49. The Morgan fingerprint density at radius 3 is 2.43 bits per heavy atom. The van der Waals surface area contributed by atoms with Gasteiger partial charge in [-0.05, 0) is 0 Å². The van der Waals surface area contributed by atoms with Crippen LogP contribution in [0.15, 0.2) is 0 Å². The molecule has 1 saturated heterocycles. The maximum Gasteiger partial charge on any atom is 0.327 e. The quantitative estimate of drug-likeness (QED) is 0.712. The molecule has 0 spiro atoms. The molecule has 0 unspecified atom stereocenters. The third-order valence-corrected chi connectivity index (χ3v) is 3.08. The number of carboxylic acids is 1. The molecule has 0 aromatic rings. The van der Waals surface area contributed by atoms with Gasteiger partial charge in [0.25, 0.3) is 0 Å². The summed E-state index contributed by atoms with van der Waals surface area (Å²) in [6.07, 6.45) is 0. The molecule has 1 rings (SSSR count). The highest BCUT2D eigenvalue weighted by Gasteiger charge is 2.38. The predicted octanol–water partition coefficient (Wildman–Crippen LogP) is 1.02. The van der Waals surface area contributed by atoms with E-state index in [1.54, 1.807) is 20.8 Å². The van der Waals surface area contributed by atoms with E-state index < -0.39 is 17.4 Å².